The number of hydrogen-bond donors (Lipinski definition) is 1. The lowest BCUT2D eigenvalue weighted by Gasteiger charge is -2.29. The number of carbonyl (C=O) groups is 1. The van der Waals surface area contributed by atoms with Crippen molar-refractivity contribution >= 4 is 5.91 Å². The van der Waals surface area contributed by atoms with Crippen LogP contribution in [0.3, 0.4) is 0 Å². The number of rotatable bonds is 5. The van der Waals surface area contributed by atoms with Crippen molar-refractivity contribution in [2.75, 3.05) is 20.8 Å². The summed E-state index contributed by atoms with van der Waals surface area (Å²) in [5.41, 5.74) is 2.19. The second-order valence-corrected chi connectivity index (χ2v) is 5.39. The molecule has 2 heterocycles. The number of aromatic amines is 1. The van der Waals surface area contributed by atoms with Crippen LogP contribution < -0.4 is 0 Å². The lowest BCUT2D eigenvalue weighted by atomic mass is 9.99. The fourth-order valence-electron chi connectivity index (χ4n) is 2.96. The molecule has 1 aliphatic heterocycles. The van der Waals surface area contributed by atoms with Crippen LogP contribution in [0.2, 0.25) is 0 Å². The van der Waals surface area contributed by atoms with E-state index in [0.717, 1.165) is 5.69 Å². The molecule has 1 atom stereocenters. The Kier molecular flexibility index (Phi) is 4.14. The van der Waals surface area contributed by atoms with Gasteiger partial charge in [0.05, 0.1) is 12.6 Å². The van der Waals surface area contributed by atoms with Gasteiger partial charge in [-0.25, -0.2) is 4.39 Å². The summed E-state index contributed by atoms with van der Waals surface area (Å²) in [6.07, 6.45) is -0.596. The first-order valence-corrected chi connectivity index (χ1v) is 7.24. The highest BCUT2D eigenvalue weighted by molar-refractivity contribution is 5.98. The number of aromatic nitrogens is 2. The average Bonchev–Trinajstić information content (AvgIpc) is 3.05. The minimum atomic E-state index is -0.596. The summed E-state index contributed by atoms with van der Waals surface area (Å²) in [6, 6.07) is 5.88. The van der Waals surface area contributed by atoms with Crippen LogP contribution in [0.15, 0.2) is 24.3 Å². The predicted molar refractivity (Wildman–Crippen MR) is 80.4 cm³/mol. The van der Waals surface area contributed by atoms with Crippen molar-refractivity contribution in [1.29, 1.82) is 0 Å². The van der Waals surface area contributed by atoms with Gasteiger partial charge in [-0.05, 0) is 13.0 Å². The van der Waals surface area contributed by atoms with Gasteiger partial charge in [-0.3, -0.25) is 9.89 Å². The molecule has 1 unspecified atom stereocenters. The van der Waals surface area contributed by atoms with Gasteiger partial charge in [0, 0.05) is 31.0 Å². The van der Waals surface area contributed by atoms with E-state index in [1.54, 1.807) is 18.2 Å². The van der Waals surface area contributed by atoms with E-state index >= 15 is 0 Å². The summed E-state index contributed by atoms with van der Waals surface area (Å²) in [5, 5.41) is 6.88. The second-order valence-electron chi connectivity index (χ2n) is 5.39. The number of benzene rings is 1. The number of hydrogen-bond acceptors (Lipinski definition) is 4. The molecular formula is C16H18FN3O3. The van der Waals surface area contributed by atoms with E-state index in [2.05, 4.69) is 10.2 Å². The molecular weight excluding hydrogens is 301 g/mol. The quantitative estimate of drug-likeness (QED) is 0.856. The summed E-state index contributed by atoms with van der Waals surface area (Å²) < 4.78 is 24.7. The molecule has 0 saturated carbocycles. The van der Waals surface area contributed by atoms with Gasteiger partial charge in [-0.2, -0.15) is 5.10 Å². The molecule has 122 valence electrons. The van der Waals surface area contributed by atoms with Gasteiger partial charge in [0.15, 0.2) is 12.0 Å². The van der Waals surface area contributed by atoms with E-state index in [0.29, 0.717) is 16.8 Å². The average molecular weight is 319 g/mol. The molecule has 1 aromatic carbocycles. The number of carbonyl (C=O) groups excluding carboxylic acids is 1. The Morgan fingerprint density at radius 2 is 2.04 bits per heavy atom. The normalized spacial score (nSPS) is 17.2. The number of methoxy groups -OCH3 is 2. The van der Waals surface area contributed by atoms with E-state index in [-0.39, 0.29) is 18.3 Å². The molecule has 0 saturated heterocycles. The Bertz CT molecular complexity index is 727. The maximum atomic E-state index is 14.3. The van der Waals surface area contributed by atoms with Crippen LogP contribution in [0.25, 0.3) is 0 Å². The molecule has 2 aromatic rings. The molecule has 1 aromatic heterocycles. The standard InChI is InChI=1S/C16H18FN3O3/c1-9-13-14(19-18-9)16(21)20(8-12(22-2)23-3)15(13)10-6-4-5-7-11(10)17/h4-7,12,15H,8H2,1-3H3,(H,18,19). The highest BCUT2D eigenvalue weighted by Gasteiger charge is 2.43. The van der Waals surface area contributed by atoms with Crippen molar-refractivity contribution in [3.8, 4) is 0 Å². The fraction of sp³-hybridized carbons (Fsp3) is 0.375. The molecule has 3 rings (SSSR count). The zero-order valence-electron chi connectivity index (χ0n) is 13.2. The van der Waals surface area contributed by atoms with Crippen molar-refractivity contribution in [3.05, 3.63) is 52.6 Å². The number of ether oxygens (including phenoxy) is 2. The largest absolute Gasteiger partial charge is 0.354 e. The number of H-pyrrole nitrogens is 1. The molecule has 6 nitrogen and oxygen atoms in total. The molecule has 0 radical (unpaired) electrons. The van der Waals surface area contributed by atoms with Crippen LogP contribution in [-0.4, -0.2) is 48.1 Å². The van der Waals surface area contributed by atoms with Crippen LogP contribution in [0.1, 0.15) is 33.4 Å². The lowest BCUT2D eigenvalue weighted by Crippen LogP contribution is -2.38. The molecule has 7 heteroatoms. The number of fused-ring (bicyclic) bond motifs is 1. The van der Waals surface area contributed by atoms with E-state index in [9.17, 15) is 9.18 Å². The van der Waals surface area contributed by atoms with E-state index in [1.807, 2.05) is 6.92 Å². The van der Waals surface area contributed by atoms with Crippen molar-refractivity contribution < 1.29 is 18.7 Å². The van der Waals surface area contributed by atoms with Gasteiger partial charge >= 0.3 is 0 Å². The van der Waals surface area contributed by atoms with Crippen LogP contribution in [0.4, 0.5) is 4.39 Å². The number of amides is 1. The minimum Gasteiger partial charge on any atom is -0.354 e. The molecule has 1 aliphatic rings. The Morgan fingerprint density at radius 1 is 1.35 bits per heavy atom. The third kappa shape index (κ3) is 2.51. The molecule has 1 amide bonds. The summed E-state index contributed by atoms with van der Waals surface area (Å²) in [7, 11) is 2.99. The second kappa shape index (κ2) is 6.10. The first kappa shape index (κ1) is 15.6. The van der Waals surface area contributed by atoms with E-state index < -0.39 is 12.3 Å². The molecule has 0 bridgehead atoms. The molecule has 1 N–H and O–H groups in total. The molecule has 0 spiro atoms. The topological polar surface area (TPSA) is 67.5 Å². The highest BCUT2D eigenvalue weighted by atomic mass is 19.1. The number of nitrogens with one attached hydrogen (secondary N) is 1. The maximum absolute atomic E-state index is 14.3. The molecule has 0 aliphatic carbocycles. The summed E-state index contributed by atoms with van der Waals surface area (Å²) in [4.78, 5) is 14.2. The van der Waals surface area contributed by atoms with Crippen LogP contribution in [0.5, 0.6) is 0 Å². The van der Waals surface area contributed by atoms with Gasteiger partial charge in [0.25, 0.3) is 5.91 Å². The van der Waals surface area contributed by atoms with Crippen molar-refractivity contribution in [2.24, 2.45) is 0 Å². The monoisotopic (exact) mass is 319 g/mol. The number of nitrogens with zero attached hydrogens (tertiary/aromatic N) is 2. The first-order chi connectivity index (χ1) is 11.1. The third-order valence-electron chi connectivity index (χ3n) is 4.11. The van der Waals surface area contributed by atoms with Crippen LogP contribution in [-0.2, 0) is 9.47 Å². The fourth-order valence-corrected chi connectivity index (χ4v) is 2.96. The summed E-state index contributed by atoms with van der Waals surface area (Å²) in [6.45, 7) is 2.00. The van der Waals surface area contributed by atoms with Crippen LogP contribution >= 0.6 is 0 Å². The van der Waals surface area contributed by atoms with Gasteiger partial charge < -0.3 is 14.4 Å². The van der Waals surface area contributed by atoms with Crippen LogP contribution in [0, 0.1) is 12.7 Å². The van der Waals surface area contributed by atoms with Gasteiger partial charge in [0.1, 0.15) is 5.82 Å². The van der Waals surface area contributed by atoms with Gasteiger partial charge in [-0.1, -0.05) is 18.2 Å². The number of halogens is 1. The Balaban J connectivity index is 2.08. The van der Waals surface area contributed by atoms with E-state index in [4.69, 9.17) is 9.47 Å². The van der Waals surface area contributed by atoms with Gasteiger partial charge in [-0.15, -0.1) is 0 Å². The van der Waals surface area contributed by atoms with E-state index in [1.165, 1.54) is 25.2 Å². The maximum Gasteiger partial charge on any atom is 0.275 e. The molecule has 23 heavy (non-hydrogen) atoms. The SMILES string of the molecule is COC(CN1C(=O)c2n[nH]c(C)c2C1c1ccccc1F)OC. The Hall–Kier alpha value is -2.25. The summed E-state index contributed by atoms with van der Waals surface area (Å²) >= 11 is 0. The van der Waals surface area contributed by atoms with Crippen molar-refractivity contribution in [1.82, 2.24) is 15.1 Å². The van der Waals surface area contributed by atoms with Gasteiger partial charge in [0.2, 0.25) is 0 Å². The minimum absolute atomic E-state index is 0.181. The highest BCUT2D eigenvalue weighted by Crippen LogP contribution is 2.40. The van der Waals surface area contributed by atoms with Crippen molar-refractivity contribution in [3.63, 3.8) is 0 Å². The zero-order chi connectivity index (χ0) is 16.6. The zero-order valence-corrected chi connectivity index (χ0v) is 13.2. The first-order valence-electron chi connectivity index (χ1n) is 7.24. The molecule has 0 fully saturated rings. The Morgan fingerprint density at radius 3 is 2.70 bits per heavy atom. The smallest absolute Gasteiger partial charge is 0.275 e. The summed E-state index contributed by atoms with van der Waals surface area (Å²) in [5.74, 6) is -0.633. The lowest BCUT2D eigenvalue weighted by molar-refractivity contribution is -0.113. The number of aryl methyl sites for hydroxylation is 1. The predicted octanol–water partition coefficient (Wildman–Crippen LogP) is 2.02. The van der Waals surface area contributed by atoms with Crippen molar-refractivity contribution in [2.45, 2.75) is 19.3 Å². The Labute approximate surface area is 133 Å². The third-order valence-corrected chi connectivity index (χ3v) is 4.11.